The minimum absolute atomic E-state index is 0.0446. The lowest BCUT2D eigenvalue weighted by atomic mass is 10.1. The average molecular weight is 133 g/mol. The second-order valence-electron chi connectivity index (χ2n) is 2.24. The highest BCUT2D eigenvalue weighted by Crippen LogP contribution is 1.98. The van der Waals surface area contributed by atoms with E-state index in [0.29, 0.717) is 12.8 Å². The lowest BCUT2D eigenvalue weighted by molar-refractivity contribution is 0.135. The van der Waals surface area contributed by atoms with Crippen LogP contribution in [0, 0.1) is 0 Å². The SMILES string of the molecule is CC[C@@H](O)C[C@H](N)CO. The van der Waals surface area contributed by atoms with E-state index in [1.165, 1.54) is 0 Å². The van der Waals surface area contributed by atoms with Gasteiger partial charge in [0.25, 0.3) is 0 Å². The highest BCUT2D eigenvalue weighted by Gasteiger charge is 2.06. The standard InChI is InChI=1S/C6H15NO2/c1-2-6(9)3-5(7)4-8/h5-6,8-9H,2-4,7H2,1H3/t5-,6+/m0/s1. The molecule has 0 radical (unpaired) electrons. The average Bonchev–Trinajstić information content (AvgIpc) is 1.87. The van der Waals surface area contributed by atoms with Gasteiger partial charge in [0.1, 0.15) is 0 Å². The fourth-order valence-electron chi connectivity index (χ4n) is 0.591. The molecule has 4 N–H and O–H groups in total. The molecule has 0 aliphatic rings. The van der Waals surface area contributed by atoms with Crippen LogP contribution in [0.3, 0.4) is 0 Å². The van der Waals surface area contributed by atoms with Gasteiger partial charge in [0.15, 0.2) is 0 Å². The maximum atomic E-state index is 8.97. The van der Waals surface area contributed by atoms with Gasteiger partial charge in [-0.1, -0.05) is 6.92 Å². The number of aliphatic hydroxyl groups excluding tert-OH is 2. The van der Waals surface area contributed by atoms with Gasteiger partial charge in [0.05, 0.1) is 12.7 Å². The summed E-state index contributed by atoms with van der Waals surface area (Å²) < 4.78 is 0. The van der Waals surface area contributed by atoms with E-state index in [-0.39, 0.29) is 18.8 Å². The molecule has 0 aromatic rings. The van der Waals surface area contributed by atoms with Gasteiger partial charge in [-0.2, -0.15) is 0 Å². The normalized spacial score (nSPS) is 17.3. The Bertz CT molecular complexity index is 60.1. The van der Waals surface area contributed by atoms with Gasteiger partial charge in [0, 0.05) is 6.04 Å². The first kappa shape index (κ1) is 8.88. The van der Waals surface area contributed by atoms with Gasteiger partial charge in [-0.05, 0) is 12.8 Å². The first-order valence-electron chi connectivity index (χ1n) is 3.25. The van der Waals surface area contributed by atoms with Crippen LogP contribution in [0.2, 0.25) is 0 Å². The van der Waals surface area contributed by atoms with Crippen LogP contribution in [0.4, 0.5) is 0 Å². The van der Waals surface area contributed by atoms with Crippen LogP contribution in [-0.2, 0) is 0 Å². The molecular formula is C6H15NO2. The van der Waals surface area contributed by atoms with E-state index in [1.54, 1.807) is 0 Å². The second kappa shape index (κ2) is 4.73. The van der Waals surface area contributed by atoms with Crippen LogP contribution in [-0.4, -0.2) is 29.0 Å². The molecule has 0 unspecified atom stereocenters. The predicted molar refractivity (Wildman–Crippen MR) is 36.0 cm³/mol. The van der Waals surface area contributed by atoms with Gasteiger partial charge in [-0.15, -0.1) is 0 Å². The maximum Gasteiger partial charge on any atom is 0.0583 e. The van der Waals surface area contributed by atoms with Crippen molar-refractivity contribution in [3.8, 4) is 0 Å². The molecule has 0 aromatic heterocycles. The third-order valence-electron chi connectivity index (χ3n) is 1.28. The molecule has 3 heteroatoms. The summed E-state index contributed by atoms with van der Waals surface area (Å²) in [5.41, 5.74) is 5.34. The van der Waals surface area contributed by atoms with Crippen LogP contribution in [0.25, 0.3) is 0 Å². The summed E-state index contributed by atoms with van der Waals surface area (Å²) in [5.74, 6) is 0. The molecule has 0 spiro atoms. The Kier molecular flexibility index (Phi) is 4.67. The van der Waals surface area contributed by atoms with E-state index >= 15 is 0 Å². The Morgan fingerprint density at radius 2 is 2.11 bits per heavy atom. The largest absolute Gasteiger partial charge is 0.395 e. The molecule has 0 aliphatic carbocycles. The Hall–Kier alpha value is -0.120. The summed E-state index contributed by atoms with van der Waals surface area (Å²) in [6, 6.07) is -0.264. The number of rotatable bonds is 4. The summed E-state index contributed by atoms with van der Waals surface area (Å²) in [6.07, 6.45) is 0.841. The molecule has 0 heterocycles. The summed E-state index contributed by atoms with van der Waals surface area (Å²) in [6.45, 7) is 1.84. The monoisotopic (exact) mass is 133 g/mol. The molecule has 9 heavy (non-hydrogen) atoms. The highest BCUT2D eigenvalue weighted by molar-refractivity contribution is 4.64. The summed E-state index contributed by atoms with van der Waals surface area (Å²) in [4.78, 5) is 0. The molecule has 3 nitrogen and oxygen atoms in total. The van der Waals surface area contributed by atoms with Crippen LogP contribution < -0.4 is 5.73 Å². The highest BCUT2D eigenvalue weighted by atomic mass is 16.3. The van der Waals surface area contributed by atoms with Crippen LogP contribution in [0.1, 0.15) is 19.8 Å². The Morgan fingerprint density at radius 1 is 1.56 bits per heavy atom. The number of hydrogen-bond donors (Lipinski definition) is 3. The topological polar surface area (TPSA) is 66.5 Å². The van der Waals surface area contributed by atoms with Gasteiger partial charge in [-0.25, -0.2) is 0 Å². The quantitative estimate of drug-likeness (QED) is 0.483. The first-order chi connectivity index (χ1) is 4.20. The zero-order valence-corrected chi connectivity index (χ0v) is 5.75. The van der Waals surface area contributed by atoms with Crippen molar-refractivity contribution in [2.75, 3.05) is 6.61 Å². The van der Waals surface area contributed by atoms with Crippen molar-refractivity contribution in [3.05, 3.63) is 0 Å². The molecule has 56 valence electrons. The molecule has 0 saturated carbocycles. The zero-order chi connectivity index (χ0) is 7.28. The molecule has 2 atom stereocenters. The minimum atomic E-state index is -0.354. The molecule has 0 fully saturated rings. The lowest BCUT2D eigenvalue weighted by Gasteiger charge is -2.11. The predicted octanol–water partition coefficient (Wildman–Crippen LogP) is -0.533. The molecule has 0 amide bonds. The van der Waals surface area contributed by atoms with E-state index in [1.807, 2.05) is 6.92 Å². The minimum Gasteiger partial charge on any atom is -0.395 e. The Labute approximate surface area is 55.5 Å². The van der Waals surface area contributed by atoms with E-state index in [0.717, 1.165) is 0 Å². The fourth-order valence-corrected chi connectivity index (χ4v) is 0.591. The van der Waals surface area contributed by atoms with E-state index in [2.05, 4.69) is 0 Å². The van der Waals surface area contributed by atoms with E-state index in [4.69, 9.17) is 15.9 Å². The fraction of sp³-hybridized carbons (Fsp3) is 1.00. The van der Waals surface area contributed by atoms with Crippen molar-refractivity contribution in [2.45, 2.75) is 31.9 Å². The van der Waals surface area contributed by atoms with Crippen molar-refractivity contribution < 1.29 is 10.2 Å². The van der Waals surface area contributed by atoms with Crippen LogP contribution >= 0.6 is 0 Å². The first-order valence-corrected chi connectivity index (χ1v) is 3.25. The lowest BCUT2D eigenvalue weighted by Crippen LogP contribution is -2.29. The third kappa shape index (κ3) is 4.39. The summed E-state index contributed by atoms with van der Waals surface area (Å²) in [5, 5.41) is 17.4. The van der Waals surface area contributed by atoms with E-state index < -0.39 is 0 Å². The molecule has 0 aromatic carbocycles. The Balaban J connectivity index is 3.22. The molecule has 0 bridgehead atoms. The maximum absolute atomic E-state index is 8.97. The van der Waals surface area contributed by atoms with Crippen LogP contribution in [0.5, 0.6) is 0 Å². The van der Waals surface area contributed by atoms with Crippen molar-refractivity contribution >= 4 is 0 Å². The zero-order valence-electron chi connectivity index (χ0n) is 5.75. The molecule has 0 rings (SSSR count). The van der Waals surface area contributed by atoms with Crippen molar-refractivity contribution in [3.63, 3.8) is 0 Å². The number of nitrogens with two attached hydrogens (primary N) is 1. The van der Waals surface area contributed by atoms with Crippen molar-refractivity contribution in [1.82, 2.24) is 0 Å². The van der Waals surface area contributed by atoms with Crippen molar-refractivity contribution in [1.29, 1.82) is 0 Å². The number of aliphatic hydroxyl groups is 2. The van der Waals surface area contributed by atoms with Crippen LogP contribution in [0.15, 0.2) is 0 Å². The number of hydrogen-bond acceptors (Lipinski definition) is 3. The van der Waals surface area contributed by atoms with Gasteiger partial charge in [-0.3, -0.25) is 0 Å². The van der Waals surface area contributed by atoms with Gasteiger partial charge >= 0.3 is 0 Å². The smallest absolute Gasteiger partial charge is 0.0583 e. The van der Waals surface area contributed by atoms with Crippen molar-refractivity contribution in [2.24, 2.45) is 5.73 Å². The van der Waals surface area contributed by atoms with Gasteiger partial charge < -0.3 is 15.9 Å². The second-order valence-corrected chi connectivity index (χ2v) is 2.24. The Morgan fingerprint density at radius 3 is 2.44 bits per heavy atom. The molecule has 0 saturated heterocycles. The van der Waals surface area contributed by atoms with E-state index in [9.17, 15) is 0 Å². The summed E-state index contributed by atoms with van der Waals surface area (Å²) in [7, 11) is 0. The van der Waals surface area contributed by atoms with Gasteiger partial charge in [0.2, 0.25) is 0 Å². The third-order valence-corrected chi connectivity index (χ3v) is 1.28. The molecular weight excluding hydrogens is 118 g/mol. The summed E-state index contributed by atoms with van der Waals surface area (Å²) >= 11 is 0. The molecule has 0 aliphatic heterocycles.